The van der Waals surface area contributed by atoms with Crippen LogP contribution in [0.2, 0.25) is 0 Å². The molecule has 3 aromatic rings. The molecule has 0 saturated carbocycles. The van der Waals surface area contributed by atoms with Gasteiger partial charge in [-0.2, -0.15) is 0 Å². The van der Waals surface area contributed by atoms with E-state index in [-0.39, 0.29) is 18.0 Å². The van der Waals surface area contributed by atoms with E-state index in [2.05, 4.69) is 24.1 Å². The molecular formula is C20H26N4O. The molecule has 0 aliphatic rings. The van der Waals surface area contributed by atoms with Crippen LogP contribution in [0.3, 0.4) is 0 Å². The lowest BCUT2D eigenvalue weighted by Crippen LogP contribution is -2.35. The molecule has 2 atom stereocenters. The number of fused-ring (bicyclic) bond motifs is 1. The van der Waals surface area contributed by atoms with Crippen LogP contribution in [0.25, 0.3) is 11.0 Å². The van der Waals surface area contributed by atoms with Crippen LogP contribution in [0.1, 0.15) is 45.1 Å². The number of para-hydroxylation sites is 2. The Labute approximate surface area is 148 Å². The van der Waals surface area contributed by atoms with Crippen molar-refractivity contribution in [2.45, 2.75) is 39.3 Å². The molecule has 0 fully saturated rings. The molecule has 0 unspecified atom stereocenters. The first-order chi connectivity index (χ1) is 12.0. The highest BCUT2D eigenvalue weighted by molar-refractivity contribution is 5.81. The summed E-state index contributed by atoms with van der Waals surface area (Å²) in [6, 6.07) is 11.6. The minimum atomic E-state index is -0.202. The number of nitrogens with one attached hydrogen (secondary N) is 1. The smallest absolute Gasteiger partial charge is 0.243 e. The Kier molecular flexibility index (Phi) is 4.93. The fourth-order valence-corrected chi connectivity index (χ4v) is 3.29. The average molecular weight is 338 g/mol. The van der Waals surface area contributed by atoms with Gasteiger partial charge in [0.1, 0.15) is 11.9 Å². The highest BCUT2D eigenvalue weighted by atomic mass is 16.2. The predicted molar refractivity (Wildman–Crippen MR) is 100 cm³/mol. The number of carbonyl (C=O) groups is 1. The molecule has 0 spiro atoms. The molecule has 132 valence electrons. The monoisotopic (exact) mass is 338 g/mol. The fraction of sp³-hybridized carbons (Fsp3) is 0.400. The van der Waals surface area contributed by atoms with Gasteiger partial charge in [0.15, 0.2) is 0 Å². The number of amides is 1. The van der Waals surface area contributed by atoms with Crippen molar-refractivity contribution in [2.24, 2.45) is 13.0 Å². The average Bonchev–Trinajstić information content (AvgIpc) is 3.21. The van der Waals surface area contributed by atoms with E-state index >= 15 is 0 Å². The van der Waals surface area contributed by atoms with Gasteiger partial charge in [-0.15, -0.1) is 0 Å². The minimum Gasteiger partial charge on any atom is -0.345 e. The van der Waals surface area contributed by atoms with Crippen molar-refractivity contribution >= 4 is 16.9 Å². The second-order valence-electron chi connectivity index (χ2n) is 7.02. The van der Waals surface area contributed by atoms with Gasteiger partial charge in [0.25, 0.3) is 0 Å². The Hall–Kier alpha value is -2.56. The van der Waals surface area contributed by atoms with E-state index < -0.39 is 0 Å². The van der Waals surface area contributed by atoms with Gasteiger partial charge < -0.3 is 14.5 Å². The summed E-state index contributed by atoms with van der Waals surface area (Å²) in [6.07, 6.45) is 4.70. The quantitative estimate of drug-likeness (QED) is 0.742. The summed E-state index contributed by atoms with van der Waals surface area (Å²) < 4.78 is 4.03. The maximum absolute atomic E-state index is 12.9. The zero-order valence-corrected chi connectivity index (χ0v) is 15.3. The minimum absolute atomic E-state index is 0.0319. The SMILES string of the molecule is CC(C)C[C@H](C(=O)N[C@H](C)c1nc2ccccc2n1C)n1cccc1. The molecule has 0 aliphatic heterocycles. The zero-order chi connectivity index (χ0) is 18.0. The standard InChI is InChI=1S/C20H26N4O/c1-14(2)13-18(24-11-7-8-12-24)20(25)21-15(3)19-22-16-9-5-6-10-17(16)23(19)4/h5-12,14-15,18H,13H2,1-4H3,(H,21,25)/t15-,18-/m1/s1. The lowest BCUT2D eigenvalue weighted by molar-refractivity contribution is -0.125. The topological polar surface area (TPSA) is 51.9 Å². The molecule has 1 aromatic carbocycles. The number of rotatable bonds is 6. The third kappa shape index (κ3) is 3.60. The van der Waals surface area contributed by atoms with Crippen LogP contribution in [0, 0.1) is 5.92 Å². The Balaban J connectivity index is 1.81. The Morgan fingerprint density at radius 2 is 1.80 bits per heavy atom. The van der Waals surface area contributed by atoms with Gasteiger partial charge >= 0.3 is 0 Å². The molecule has 2 aromatic heterocycles. The largest absolute Gasteiger partial charge is 0.345 e. The van der Waals surface area contributed by atoms with Gasteiger partial charge in [-0.05, 0) is 43.5 Å². The molecular weight excluding hydrogens is 312 g/mol. The molecule has 0 radical (unpaired) electrons. The highest BCUT2D eigenvalue weighted by Crippen LogP contribution is 2.22. The molecule has 1 N–H and O–H groups in total. The molecule has 0 saturated heterocycles. The van der Waals surface area contributed by atoms with Crippen LogP contribution in [0.5, 0.6) is 0 Å². The van der Waals surface area contributed by atoms with Gasteiger partial charge in [0, 0.05) is 19.4 Å². The second kappa shape index (κ2) is 7.13. The van der Waals surface area contributed by atoms with Crippen molar-refractivity contribution in [1.82, 2.24) is 19.4 Å². The number of imidazole rings is 1. The van der Waals surface area contributed by atoms with Crippen LogP contribution < -0.4 is 5.32 Å². The van der Waals surface area contributed by atoms with E-state index in [1.807, 2.05) is 71.9 Å². The van der Waals surface area contributed by atoms with E-state index in [1.54, 1.807) is 0 Å². The number of hydrogen-bond donors (Lipinski definition) is 1. The zero-order valence-electron chi connectivity index (χ0n) is 15.3. The molecule has 5 heteroatoms. The number of aromatic nitrogens is 3. The summed E-state index contributed by atoms with van der Waals surface area (Å²) >= 11 is 0. The van der Waals surface area contributed by atoms with Crippen LogP contribution in [-0.4, -0.2) is 20.0 Å². The van der Waals surface area contributed by atoms with Crippen molar-refractivity contribution < 1.29 is 4.79 Å². The molecule has 0 aliphatic carbocycles. The first kappa shape index (κ1) is 17.3. The van der Waals surface area contributed by atoms with Gasteiger partial charge in [0.2, 0.25) is 5.91 Å². The maximum Gasteiger partial charge on any atom is 0.243 e. The van der Waals surface area contributed by atoms with E-state index in [1.165, 1.54) is 0 Å². The second-order valence-corrected chi connectivity index (χ2v) is 7.02. The number of aryl methyl sites for hydroxylation is 1. The molecule has 1 amide bonds. The van der Waals surface area contributed by atoms with Crippen molar-refractivity contribution in [1.29, 1.82) is 0 Å². The normalized spacial score (nSPS) is 14.0. The van der Waals surface area contributed by atoms with Crippen molar-refractivity contribution in [3.63, 3.8) is 0 Å². The molecule has 5 nitrogen and oxygen atoms in total. The molecule has 25 heavy (non-hydrogen) atoms. The van der Waals surface area contributed by atoms with Crippen molar-refractivity contribution in [3.8, 4) is 0 Å². The Morgan fingerprint density at radius 1 is 1.12 bits per heavy atom. The van der Waals surface area contributed by atoms with Crippen LogP contribution in [0.4, 0.5) is 0 Å². The Bertz CT molecular complexity index is 848. The van der Waals surface area contributed by atoms with E-state index in [0.29, 0.717) is 5.92 Å². The Morgan fingerprint density at radius 3 is 2.44 bits per heavy atom. The fourth-order valence-electron chi connectivity index (χ4n) is 3.29. The number of hydrogen-bond acceptors (Lipinski definition) is 2. The first-order valence-corrected chi connectivity index (χ1v) is 8.81. The summed E-state index contributed by atoms with van der Waals surface area (Å²) in [6.45, 7) is 6.26. The molecule has 3 rings (SSSR count). The summed E-state index contributed by atoms with van der Waals surface area (Å²) in [5.74, 6) is 1.33. The summed E-state index contributed by atoms with van der Waals surface area (Å²) in [5, 5.41) is 3.15. The lowest BCUT2D eigenvalue weighted by Gasteiger charge is -2.23. The third-order valence-electron chi connectivity index (χ3n) is 4.55. The van der Waals surface area contributed by atoms with Crippen molar-refractivity contribution in [3.05, 3.63) is 54.6 Å². The first-order valence-electron chi connectivity index (χ1n) is 8.81. The predicted octanol–water partition coefficient (Wildman–Crippen LogP) is 3.84. The van der Waals surface area contributed by atoms with Crippen LogP contribution >= 0.6 is 0 Å². The summed E-state index contributed by atoms with van der Waals surface area (Å²) in [4.78, 5) is 17.6. The summed E-state index contributed by atoms with van der Waals surface area (Å²) in [7, 11) is 1.99. The van der Waals surface area contributed by atoms with Crippen LogP contribution in [0.15, 0.2) is 48.8 Å². The summed E-state index contributed by atoms with van der Waals surface area (Å²) in [5.41, 5.74) is 2.02. The maximum atomic E-state index is 12.9. The molecule has 2 heterocycles. The van der Waals surface area contributed by atoms with Gasteiger partial charge in [-0.25, -0.2) is 4.98 Å². The van der Waals surface area contributed by atoms with Crippen molar-refractivity contribution in [2.75, 3.05) is 0 Å². The van der Waals surface area contributed by atoms with Gasteiger partial charge in [-0.3, -0.25) is 4.79 Å². The van der Waals surface area contributed by atoms with E-state index in [9.17, 15) is 4.79 Å². The van der Waals surface area contributed by atoms with E-state index in [4.69, 9.17) is 0 Å². The van der Waals surface area contributed by atoms with Gasteiger partial charge in [-0.1, -0.05) is 26.0 Å². The molecule has 0 bridgehead atoms. The van der Waals surface area contributed by atoms with Crippen LogP contribution in [-0.2, 0) is 11.8 Å². The number of carbonyl (C=O) groups excluding carboxylic acids is 1. The third-order valence-corrected chi connectivity index (χ3v) is 4.55. The van der Waals surface area contributed by atoms with Gasteiger partial charge in [0.05, 0.1) is 17.1 Å². The number of nitrogens with zero attached hydrogens (tertiary/aromatic N) is 3. The van der Waals surface area contributed by atoms with E-state index in [0.717, 1.165) is 23.3 Å². The lowest BCUT2D eigenvalue weighted by atomic mass is 10.0. The highest BCUT2D eigenvalue weighted by Gasteiger charge is 2.24. The number of benzene rings is 1.